The van der Waals surface area contributed by atoms with Crippen LogP contribution in [0.5, 0.6) is 0 Å². The maximum Gasteiger partial charge on any atom is 0.315 e. The smallest absolute Gasteiger partial charge is 0.315 e. The first-order valence-corrected chi connectivity index (χ1v) is 4.79. The molecule has 1 atom stereocenters. The number of aromatic nitrogens is 1. The molecule has 1 aliphatic heterocycles. The molecule has 0 radical (unpaired) electrons. The van der Waals surface area contributed by atoms with Gasteiger partial charge < -0.3 is 10.6 Å². The van der Waals surface area contributed by atoms with Crippen molar-refractivity contribution >= 4 is 29.2 Å². The minimum atomic E-state index is -0.194. The zero-order valence-electron chi connectivity index (χ0n) is 7.05. The Kier molecular flexibility index (Phi) is 2.48. The molecule has 0 spiro atoms. The fourth-order valence-corrected chi connectivity index (χ4v) is 1.80. The lowest BCUT2D eigenvalue weighted by Gasteiger charge is -2.09. The monoisotopic (exact) mass is 231 g/mol. The number of nitrogens with one attached hydrogen (secondary N) is 2. The molecule has 4 nitrogen and oxygen atoms in total. The van der Waals surface area contributed by atoms with E-state index in [9.17, 15) is 4.79 Å². The Bertz CT molecular complexity index is 383. The van der Waals surface area contributed by atoms with Gasteiger partial charge in [0.05, 0.1) is 6.04 Å². The van der Waals surface area contributed by atoms with Gasteiger partial charge in [0.25, 0.3) is 0 Å². The summed E-state index contributed by atoms with van der Waals surface area (Å²) in [5.74, 6) is 0. The highest BCUT2D eigenvalue weighted by Gasteiger charge is 2.23. The van der Waals surface area contributed by atoms with Gasteiger partial charge in [0, 0.05) is 12.1 Å². The summed E-state index contributed by atoms with van der Waals surface area (Å²) in [7, 11) is 0. The number of carbonyl (C=O) groups is 1. The molecule has 2 amide bonds. The quantitative estimate of drug-likeness (QED) is 0.724. The van der Waals surface area contributed by atoms with Crippen molar-refractivity contribution in [1.82, 2.24) is 15.6 Å². The number of nitrogens with zero attached hydrogens (tertiary/aromatic N) is 1. The topological polar surface area (TPSA) is 54.0 Å². The molecule has 2 rings (SSSR count). The van der Waals surface area contributed by atoms with Crippen molar-refractivity contribution in [3.05, 3.63) is 28.0 Å². The number of amides is 2. The van der Waals surface area contributed by atoms with E-state index in [1.54, 1.807) is 12.1 Å². The lowest BCUT2D eigenvalue weighted by molar-refractivity contribution is 0.247. The summed E-state index contributed by atoms with van der Waals surface area (Å²) >= 11 is 11.5. The van der Waals surface area contributed by atoms with Gasteiger partial charge in [-0.25, -0.2) is 9.78 Å². The number of urea groups is 1. The van der Waals surface area contributed by atoms with Gasteiger partial charge in [0.1, 0.15) is 10.3 Å². The van der Waals surface area contributed by atoms with Crippen molar-refractivity contribution in [2.75, 3.05) is 6.54 Å². The third kappa shape index (κ3) is 1.76. The van der Waals surface area contributed by atoms with E-state index in [2.05, 4.69) is 15.6 Å². The molecule has 1 saturated heterocycles. The van der Waals surface area contributed by atoms with Gasteiger partial charge in [-0.15, -0.1) is 0 Å². The average molecular weight is 232 g/mol. The summed E-state index contributed by atoms with van der Waals surface area (Å²) in [5.41, 5.74) is 0.773. The summed E-state index contributed by atoms with van der Waals surface area (Å²) in [4.78, 5) is 14.8. The molecule has 2 heterocycles. The van der Waals surface area contributed by atoms with Crippen molar-refractivity contribution in [2.24, 2.45) is 0 Å². The minimum absolute atomic E-state index is 0.125. The number of halogens is 2. The number of carbonyl (C=O) groups excluding carboxylic acids is 1. The standard InChI is InChI=1S/C8H7Cl2N3O/c9-6-2-1-4(7(10)13-6)5-3-11-8(14)12-5/h1-2,5H,3H2,(H2,11,12,14). The van der Waals surface area contributed by atoms with Crippen molar-refractivity contribution in [3.8, 4) is 0 Å². The zero-order valence-corrected chi connectivity index (χ0v) is 8.56. The molecule has 0 saturated carbocycles. The Labute approximate surface area is 90.6 Å². The molecule has 6 heteroatoms. The van der Waals surface area contributed by atoms with Crippen LogP contribution >= 0.6 is 23.2 Å². The molecule has 1 aromatic heterocycles. The first-order valence-electron chi connectivity index (χ1n) is 4.03. The van der Waals surface area contributed by atoms with Crippen molar-refractivity contribution < 1.29 is 4.79 Å². The maximum atomic E-state index is 10.9. The Morgan fingerprint density at radius 1 is 1.43 bits per heavy atom. The van der Waals surface area contributed by atoms with E-state index in [0.717, 1.165) is 5.56 Å². The summed E-state index contributed by atoms with van der Waals surface area (Å²) in [6.07, 6.45) is 0. The third-order valence-electron chi connectivity index (χ3n) is 1.99. The number of hydrogen-bond donors (Lipinski definition) is 2. The number of hydrogen-bond acceptors (Lipinski definition) is 2. The Balaban J connectivity index is 2.28. The molecule has 14 heavy (non-hydrogen) atoms. The minimum Gasteiger partial charge on any atom is -0.336 e. The van der Waals surface area contributed by atoms with Gasteiger partial charge in [-0.2, -0.15) is 0 Å². The van der Waals surface area contributed by atoms with Gasteiger partial charge in [-0.1, -0.05) is 29.3 Å². The molecule has 1 unspecified atom stereocenters. The molecule has 0 bridgehead atoms. The Hall–Kier alpha value is -1.000. The van der Waals surface area contributed by atoms with Gasteiger partial charge >= 0.3 is 6.03 Å². The fourth-order valence-electron chi connectivity index (χ4n) is 1.33. The van der Waals surface area contributed by atoms with Gasteiger partial charge in [-0.3, -0.25) is 0 Å². The molecule has 1 aromatic rings. The van der Waals surface area contributed by atoms with E-state index in [1.165, 1.54) is 0 Å². The van der Waals surface area contributed by atoms with Gasteiger partial charge in [-0.05, 0) is 6.07 Å². The van der Waals surface area contributed by atoms with Crippen LogP contribution in [0.25, 0.3) is 0 Å². The first kappa shape index (κ1) is 9.55. The predicted octanol–water partition coefficient (Wildman–Crippen LogP) is 1.74. The highest BCUT2D eigenvalue weighted by atomic mass is 35.5. The molecule has 2 N–H and O–H groups in total. The largest absolute Gasteiger partial charge is 0.336 e. The van der Waals surface area contributed by atoms with E-state index in [0.29, 0.717) is 16.9 Å². The van der Waals surface area contributed by atoms with Gasteiger partial charge in [0.2, 0.25) is 0 Å². The first-order chi connectivity index (χ1) is 6.66. The van der Waals surface area contributed by atoms with E-state index in [-0.39, 0.29) is 12.1 Å². The van der Waals surface area contributed by atoms with Crippen molar-refractivity contribution in [1.29, 1.82) is 0 Å². The van der Waals surface area contributed by atoms with Crippen LogP contribution in [0.3, 0.4) is 0 Å². The Morgan fingerprint density at radius 2 is 2.21 bits per heavy atom. The molecule has 74 valence electrons. The average Bonchev–Trinajstić information content (AvgIpc) is 2.51. The van der Waals surface area contributed by atoms with Crippen LogP contribution in [0, 0.1) is 0 Å². The third-order valence-corrected chi connectivity index (χ3v) is 2.50. The van der Waals surface area contributed by atoms with Crippen molar-refractivity contribution in [3.63, 3.8) is 0 Å². The predicted molar refractivity (Wildman–Crippen MR) is 53.5 cm³/mol. The fraction of sp³-hybridized carbons (Fsp3) is 0.250. The van der Waals surface area contributed by atoms with Gasteiger partial charge in [0.15, 0.2) is 0 Å². The number of pyridine rings is 1. The Morgan fingerprint density at radius 3 is 2.79 bits per heavy atom. The van der Waals surface area contributed by atoms with E-state index >= 15 is 0 Å². The molecule has 1 aliphatic rings. The van der Waals surface area contributed by atoms with Crippen LogP contribution in [0.15, 0.2) is 12.1 Å². The van der Waals surface area contributed by atoms with E-state index < -0.39 is 0 Å². The van der Waals surface area contributed by atoms with E-state index in [4.69, 9.17) is 23.2 Å². The zero-order chi connectivity index (χ0) is 10.1. The lowest BCUT2D eigenvalue weighted by Crippen LogP contribution is -2.21. The summed E-state index contributed by atoms with van der Waals surface area (Å²) in [6, 6.07) is 3.09. The van der Waals surface area contributed by atoms with Crippen LogP contribution in [-0.4, -0.2) is 17.6 Å². The highest BCUT2D eigenvalue weighted by Crippen LogP contribution is 2.24. The molecular formula is C8H7Cl2N3O. The van der Waals surface area contributed by atoms with Crippen LogP contribution < -0.4 is 10.6 Å². The lowest BCUT2D eigenvalue weighted by atomic mass is 10.1. The van der Waals surface area contributed by atoms with Crippen LogP contribution in [0.1, 0.15) is 11.6 Å². The van der Waals surface area contributed by atoms with Crippen LogP contribution in [-0.2, 0) is 0 Å². The second kappa shape index (κ2) is 3.63. The van der Waals surface area contributed by atoms with Crippen LogP contribution in [0.4, 0.5) is 4.79 Å². The van der Waals surface area contributed by atoms with Crippen molar-refractivity contribution in [2.45, 2.75) is 6.04 Å². The molecule has 0 aromatic carbocycles. The molecule has 0 aliphatic carbocycles. The maximum absolute atomic E-state index is 10.9. The summed E-state index contributed by atoms with van der Waals surface area (Å²) < 4.78 is 0. The molecule has 1 fully saturated rings. The van der Waals surface area contributed by atoms with Crippen LogP contribution in [0.2, 0.25) is 10.3 Å². The normalized spacial score (nSPS) is 20.4. The molecular weight excluding hydrogens is 225 g/mol. The SMILES string of the molecule is O=C1NCC(c2ccc(Cl)nc2Cl)N1. The summed E-state index contributed by atoms with van der Waals surface area (Å²) in [5, 5.41) is 6.02. The number of rotatable bonds is 1. The highest BCUT2D eigenvalue weighted by molar-refractivity contribution is 6.32. The second-order valence-corrected chi connectivity index (χ2v) is 3.67. The summed E-state index contributed by atoms with van der Waals surface area (Å²) in [6.45, 7) is 0.516. The van der Waals surface area contributed by atoms with E-state index in [1.807, 2.05) is 0 Å². The second-order valence-electron chi connectivity index (χ2n) is 2.92.